The second-order valence-electron chi connectivity index (χ2n) is 8.14. The van der Waals surface area contributed by atoms with E-state index in [2.05, 4.69) is 27.2 Å². The van der Waals surface area contributed by atoms with Crippen LogP contribution in [0.25, 0.3) is 11.0 Å². The normalized spacial score (nSPS) is 22.3. The van der Waals surface area contributed by atoms with Gasteiger partial charge in [-0.3, -0.25) is 0 Å². The van der Waals surface area contributed by atoms with Crippen molar-refractivity contribution in [2.75, 3.05) is 25.5 Å². The summed E-state index contributed by atoms with van der Waals surface area (Å²) in [4.78, 5) is 25.1. The molecule has 7 nitrogen and oxygen atoms in total. The van der Waals surface area contributed by atoms with Crippen LogP contribution in [0.3, 0.4) is 0 Å². The lowest BCUT2D eigenvalue weighted by molar-refractivity contribution is 0.101. The minimum atomic E-state index is -0.148. The Morgan fingerprint density at radius 3 is 2.80 bits per heavy atom. The summed E-state index contributed by atoms with van der Waals surface area (Å²) in [7, 11) is 1.84. The maximum Gasteiger partial charge on any atom is 0.410 e. The Hall–Kier alpha value is -3.09. The van der Waals surface area contributed by atoms with Crippen molar-refractivity contribution in [1.29, 1.82) is 0 Å². The van der Waals surface area contributed by atoms with E-state index < -0.39 is 0 Å². The van der Waals surface area contributed by atoms with E-state index in [0.717, 1.165) is 41.4 Å². The fraction of sp³-hybridized carbons (Fsp3) is 0.435. The predicted octanol–water partition coefficient (Wildman–Crippen LogP) is 4.30. The van der Waals surface area contributed by atoms with Crippen LogP contribution in [0.1, 0.15) is 25.3 Å². The van der Waals surface area contributed by atoms with Crippen LogP contribution in [0.5, 0.6) is 0 Å². The number of nitrogens with one attached hydrogen (secondary N) is 2. The Balaban J connectivity index is 0.000000168. The summed E-state index contributed by atoms with van der Waals surface area (Å²) in [5.41, 5.74) is 1.91. The number of carbonyl (C=O) groups excluding carboxylic acids is 1. The SMILES string of the molecule is CNc1ncnc2[nH]ccc12.C[C@H]1CCC2CN(C(=O)OCc3ccccc3)CC21. The Morgan fingerprint density at radius 1 is 1.20 bits per heavy atom. The number of fused-ring (bicyclic) bond motifs is 2. The Kier molecular flexibility index (Phi) is 6.16. The largest absolute Gasteiger partial charge is 0.445 e. The number of amides is 1. The van der Waals surface area contributed by atoms with Crippen LogP contribution < -0.4 is 5.32 Å². The number of ether oxygens (including phenoxy) is 1. The summed E-state index contributed by atoms with van der Waals surface area (Å²) in [5, 5.41) is 4.01. The first-order valence-corrected chi connectivity index (χ1v) is 10.6. The second-order valence-corrected chi connectivity index (χ2v) is 8.14. The van der Waals surface area contributed by atoms with Crippen LogP contribution in [0.2, 0.25) is 0 Å². The Bertz CT molecular complexity index is 974. The van der Waals surface area contributed by atoms with Crippen molar-refractivity contribution in [3.63, 3.8) is 0 Å². The molecule has 3 heterocycles. The molecule has 0 bridgehead atoms. The van der Waals surface area contributed by atoms with Gasteiger partial charge in [0.05, 0.1) is 5.39 Å². The number of nitrogens with zero attached hydrogens (tertiary/aromatic N) is 3. The Labute approximate surface area is 176 Å². The summed E-state index contributed by atoms with van der Waals surface area (Å²) < 4.78 is 5.40. The number of aromatic amines is 1. The number of benzene rings is 1. The molecular formula is C23H29N5O2. The van der Waals surface area contributed by atoms with Crippen LogP contribution in [0, 0.1) is 17.8 Å². The van der Waals surface area contributed by atoms with Gasteiger partial charge in [0.2, 0.25) is 0 Å². The summed E-state index contributed by atoms with van der Waals surface area (Å²) >= 11 is 0. The van der Waals surface area contributed by atoms with Gasteiger partial charge in [-0.1, -0.05) is 43.7 Å². The molecule has 158 valence electrons. The zero-order valence-corrected chi connectivity index (χ0v) is 17.5. The number of hydrogen-bond donors (Lipinski definition) is 2. The Morgan fingerprint density at radius 2 is 2.03 bits per heavy atom. The number of rotatable bonds is 3. The molecule has 7 heteroatoms. The molecule has 3 aromatic rings. The number of aromatic nitrogens is 3. The highest BCUT2D eigenvalue weighted by atomic mass is 16.6. The first kappa shape index (κ1) is 20.2. The van der Waals surface area contributed by atoms with Crippen LogP contribution in [-0.4, -0.2) is 46.1 Å². The van der Waals surface area contributed by atoms with Crippen LogP contribution in [0.15, 0.2) is 48.9 Å². The molecule has 2 aliphatic rings. The molecule has 1 aliphatic carbocycles. The van der Waals surface area contributed by atoms with Crippen molar-refractivity contribution in [3.8, 4) is 0 Å². The molecule has 2 fully saturated rings. The van der Waals surface area contributed by atoms with Crippen LogP contribution in [-0.2, 0) is 11.3 Å². The summed E-state index contributed by atoms with van der Waals surface area (Å²) in [6.45, 7) is 4.46. The van der Waals surface area contributed by atoms with Crippen molar-refractivity contribution in [2.45, 2.75) is 26.4 Å². The molecular weight excluding hydrogens is 378 g/mol. The number of H-pyrrole nitrogens is 1. The average Bonchev–Trinajstić information content (AvgIpc) is 3.50. The summed E-state index contributed by atoms with van der Waals surface area (Å²) in [6.07, 6.45) is 5.83. The van der Waals surface area contributed by atoms with E-state index in [-0.39, 0.29) is 6.09 Å². The molecule has 0 radical (unpaired) electrons. The minimum absolute atomic E-state index is 0.148. The molecule has 2 N–H and O–H groups in total. The van der Waals surface area contributed by atoms with Crippen LogP contribution >= 0.6 is 0 Å². The summed E-state index contributed by atoms with van der Waals surface area (Å²) in [5.74, 6) is 3.02. The zero-order valence-electron chi connectivity index (χ0n) is 17.5. The molecule has 1 aliphatic heterocycles. The van der Waals surface area contributed by atoms with Gasteiger partial charge in [0.25, 0.3) is 0 Å². The third-order valence-corrected chi connectivity index (χ3v) is 6.27. The first-order chi connectivity index (χ1) is 14.7. The smallest absolute Gasteiger partial charge is 0.410 e. The standard InChI is InChI=1S/C16H21NO2.C7H8N4/c1-12-7-8-14-9-17(10-15(12)14)16(18)19-11-13-5-3-2-4-6-13;1-8-6-5-2-3-9-7(5)11-4-10-6/h2-6,12,14-15H,7-11H2,1H3;2-4H,1H3,(H2,8,9,10,11)/t12-,14?,15?;/m0./s1. The molecule has 1 aromatic carbocycles. The minimum Gasteiger partial charge on any atom is -0.445 e. The van der Waals surface area contributed by atoms with Gasteiger partial charge in [-0.2, -0.15) is 0 Å². The topological polar surface area (TPSA) is 83.1 Å². The predicted molar refractivity (Wildman–Crippen MR) is 117 cm³/mol. The van der Waals surface area contributed by atoms with Crippen LogP contribution in [0.4, 0.5) is 10.6 Å². The van der Waals surface area contributed by atoms with E-state index in [1.807, 2.05) is 54.5 Å². The van der Waals surface area contributed by atoms with Crippen molar-refractivity contribution in [1.82, 2.24) is 19.9 Å². The van der Waals surface area contributed by atoms with Crippen molar-refractivity contribution in [2.24, 2.45) is 17.8 Å². The van der Waals surface area contributed by atoms with Gasteiger partial charge in [-0.05, 0) is 35.8 Å². The molecule has 1 amide bonds. The van der Waals surface area contributed by atoms with Gasteiger partial charge in [0, 0.05) is 26.3 Å². The number of likely N-dealkylation sites (tertiary alicyclic amines) is 1. The van der Waals surface area contributed by atoms with E-state index in [1.165, 1.54) is 19.2 Å². The maximum absolute atomic E-state index is 12.1. The van der Waals surface area contributed by atoms with Gasteiger partial charge < -0.3 is 19.9 Å². The molecule has 2 unspecified atom stereocenters. The lowest BCUT2D eigenvalue weighted by Gasteiger charge is -2.18. The van der Waals surface area contributed by atoms with E-state index in [4.69, 9.17) is 4.74 Å². The molecule has 5 rings (SSSR count). The highest BCUT2D eigenvalue weighted by Gasteiger charge is 2.42. The third-order valence-electron chi connectivity index (χ3n) is 6.27. The first-order valence-electron chi connectivity index (χ1n) is 10.6. The lowest BCUT2D eigenvalue weighted by atomic mass is 9.94. The number of hydrogen-bond acceptors (Lipinski definition) is 5. The van der Waals surface area contributed by atoms with Gasteiger partial charge in [-0.25, -0.2) is 14.8 Å². The zero-order chi connectivity index (χ0) is 20.9. The van der Waals surface area contributed by atoms with E-state index in [1.54, 1.807) is 0 Å². The highest BCUT2D eigenvalue weighted by Crippen LogP contribution is 2.41. The maximum atomic E-state index is 12.1. The number of anilines is 1. The van der Waals surface area contributed by atoms with E-state index >= 15 is 0 Å². The van der Waals surface area contributed by atoms with Gasteiger partial charge in [0.1, 0.15) is 24.4 Å². The fourth-order valence-corrected chi connectivity index (χ4v) is 4.57. The van der Waals surface area contributed by atoms with E-state index in [9.17, 15) is 4.79 Å². The van der Waals surface area contributed by atoms with E-state index in [0.29, 0.717) is 18.4 Å². The molecule has 1 saturated heterocycles. The second kappa shape index (κ2) is 9.15. The molecule has 0 spiro atoms. The van der Waals surface area contributed by atoms with Gasteiger partial charge in [0.15, 0.2) is 0 Å². The van der Waals surface area contributed by atoms with Gasteiger partial charge in [-0.15, -0.1) is 0 Å². The van der Waals surface area contributed by atoms with Crippen molar-refractivity contribution >= 4 is 22.9 Å². The fourth-order valence-electron chi connectivity index (χ4n) is 4.57. The highest BCUT2D eigenvalue weighted by molar-refractivity contribution is 5.86. The average molecular weight is 408 g/mol. The third kappa shape index (κ3) is 4.40. The van der Waals surface area contributed by atoms with Crippen molar-refractivity contribution < 1.29 is 9.53 Å². The molecule has 30 heavy (non-hydrogen) atoms. The quantitative estimate of drug-likeness (QED) is 0.676. The molecule has 2 aromatic heterocycles. The number of carbonyl (C=O) groups is 1. The monoisotopic (exact) mass is 407 g/mol. The summed E-state index contributed by atoms with van der Waals surface area (Å²) in [6, 6.07) is 11.8. The van der Waals surface area contributed by atoms with Crippen molar-refractivity contribution in [3.05, 3.63) is 54.5 Å². The molecule has 3 atom stereocenters. The molecule has 1 saturated carbocycles. The van der Waals surface area contributed by atoms with Gasteiger partial charge >= 0.3 is 6.09 Å². The lowest BCUT2D eigenvalue weighted by Crippen LogP contribution is -2.30.